The van der Waals surface area contributed by atoms with Crippen molar-refractivity contribution in [2.75, 3.05) is 18.5 Å². The van der Waals surface area contributed by atoms with E-state index in [1.165, 1.54) is 0 Å². The Hall–Kier alpha value is -1.22. The standard InChI is InChI=1S/C10H13NO2/c12-6-5-8-7-13-10-4-2-1-3-9(10)11-8/h1-4,8,11-12H,5-7H2. The third-order valence-electron chi connectivity index (χ3n) is 2.16. The lowest BCUT2D eigenvalue weighted by molar-refractivity contribution is 0.233. The molecule has 3 heteroatoms. The summed E-state index contributed by atoms with van der Waals surface area (Å²) in [7, 11) is 0. The first kappa shape index (κ1) is 8.38. The molecule has 0 saturated carbocycles. The van der Waals surface area contributed by atoms with E-state index < -0.39 is 0 Å². The molecule has 0 spiro atoms. The average molecular weight is 179 g/mol. The maximum Gasteiger partial charge on any atom is 0.142 e. The molecule has 2 N–H and O–H groups in total. The summed E-state index contributed by atoms with van der Waals surface area (Å²) in [4.78, 5) is 0. The molecular weight excluding hydrogens is 166 g/mol. The number of fused-ring (bicyclic) bond motifs is 1. The lowest BCUT2D eigenvalue weighted by Crippen LogP contribution is -2.32. The van der Waals surface area contributed by atoms with Crippen molar-refractivity contribution in [2.24, 2.45) is 0 Å². The van der Waals surface area contributed by atoms with Crippen LogP contribution in [0.1, 0.15) is 6.42 Å². The van der Waals surface area contributed by atoms with Gasteiger partial charge in [0.05, 0.1) is 11.7 Å². The quantitative estimate of drug-likeness (QED) is 0.717. The molecule has 1 heterocycles. The predicted molar refractivity (Wildman–Crippen MR) is 51.1 cm³/mol. The fraction of sp³-hybridized carbons (Fsp3) is 0.400. The van der Waals surface area contributed by atoms with Gasteiger partial charge in [-0.15, -0.1) is 0 Å². The fourth-order valence-corrected chi connectivity index (χ4v) is 1.48. The zero-order chi connectivity index (χ0) is 9.10. The van der Waals surface area contributed by atoms with Crippen LogP contribution in [0.2, 0.25) is 0 Å². The lowest BCUT2D eigenvalue weighted by Gasteiger charge is -2.26. The molecule has 1 aliphatic rings. The summed E-state index contributed by atoms with van der Waals surface area (Å²) in [6.45, 7) is 0.834. The lowest BCUT2D eigenvalue weighted by atomic mass is 10.1. The number of rotatable bonds is 2. The highest BCUT2D eigenvalue weighted by Gasteiger charge is 2.16. The molecule has 0 amide bonds. The van der Waals surface area contributed by atoms with Crippen LogP contribution in [-0.2, 0) is 0 Å². The summed E-state index contributed by atoms with van der Waals surface area (Å²) < 4.78 is 5.52. The van der Waals surface area contributed by atoms with Gasteiger partial charge in [-0.2, -0.15) is 0 Å². The molecule has 0 aromatic heterocycles. The van der Waals surface area contributed by atoms with E-state index in [2.05, 4.69) is 5.32 Å². The van der Waals surface area contributed by atoms with Gasteiger partial charge in [-0.3, -0.25) is 0 Å². The molecular formula is C10H13NO2. The van der Waals surface area contributed by atoms with E-state index in [1.807, 2.05) is 24.3 Å². The highest BCUT2D eigenvalue weighted by molar-refractivity contribution is 5.58. The summed E-state index contributed by atoms with van der Waals surface area (Å²) in [6, 6.07) is 8.08. The van der Waals surface area contributed by atoms with Crippen molar-refractivity contribution in [3.63, 3.8) is 0 Å². The first-order chi connectivity index (χ1) is 6.40. The number of ether oxygens (including phenoxy) is 1. The van der Waals surface area contributed by atoms with Gasteiger partial charge in [0.1, 0.15) is 12.4 Å². The smallest absolute Gasteiger partial charge is 0.142 e. The minimum atomic E-state index is 0.198. The number of hydrogen-bond donors (Lipinski definition) is 2. The number of aliphatic hydroxyl groups excluding tert-OH is 1. The van der Waals surface area contributed by atoms with Crippen LogP contribution in [0.25, 0.3) is 0 Å². The van der Waals surface area contributed by atoms with Crippen LogP contribution in [0.4, 0.5) is 5.69 Å². The van der Waals surface area contributed by atoms with Gasteiger partial charge < -0.3 is 15.2 Å². The van der Waals surface area contributed by atoms with Crippen molar-refractivity contribution in [1.82, 2.24) is 0 Å². The maximum atomic E-state index is 8.77. The van der Waals surface area contributed by atoms with Crippen molar-refractivity contribution in [3.8, 4) is 5.75 Å². The van der Waals surface area contributed by atoms with E-state index >= 15 is 0 Å². The second-order valence-corrected chi connectivity index (χ2v) is 3.16. The molecule has 0 saturated heterocycles. The average Bonchev–Trinajstić information content (AvgIpc) is 2.18. The zero-order valence-electron chi connectivity index (χ0n) is 7.36. The summed E-state index contributed by atoms with van der Waals surface area (Å²) in [5, 5.41) is 12.1. The minimum Gasteiger partial charge on any atom is -0.489 e. The van der Waals surface area contributed by atoms with Gasteiger partial charge in [0.25, 0.3) is 0 Å². The summed E-state index contributed by atoms with van der Waals surface area (Å²) in [6.07, 6.45) is 0.730. The molecule has 1 aromatic rings. The largest absolute Gasteiger partial charge is 0.489 e. The Balaban J connectivity index is 2.11. The second-order valence-electron chi connectivity index (χ2n) is 3.16. The van der Waals surface area contributed by atoms with Crippen LogP contribution < -0.4 is 10.1 Å². The van der Waals surface area contributed by atoms with Crippen molar-refractivity contribution in [1.29, 1.82) is 0 Å². The number of nitrogens with one attached hydrogen (secondary N) is 1. The van der Waals surface area contributed by atoms with Gasteiger partial charge in [-0.1, -0.05) is 12.1 Å². The maximum absolute atomic E-state index is 8.77. The van der Waals surface area contributed by atoms with Gasteiger partial charge in [-0.25, -0.2) is 0 Å². The van der Waals surface area contributed by atoms with Crippen molar-refractivity contribution in [2.45, 2.75) is 12.5 Å². The summed E-state index contributed by atoms with van der Waals surface area (Å²) in [5.41, 5.74) is 1.02. The molecule has 1 atom stereocenters. The molecule has 0 fully saturated rings. The molecule has 0 bridgehead atoms. The van der Waals surface area contributed by atoms with Crippen LogP contribution in [0.15, 0.2) is 24.3 Å². The summed E-state index contributed by atoms with van der Waals surface area (Å²) >= 11 is 0. The van der Waals surface area contributed by atoms with Crippen LogP contribution >= 0.6 is 0 Å². The molecule has 3 nitrogen and oxygen atoms in total. The van der Waals surface area contributed by atoms with E-state index in [4.69, 9.17) is 9.84 Å². The predicted octanol–water partition coefficient (Wildman–Crippen LogP) is 1.24. The van der Waals surface area contributed by atoms with E-state index in [-0.39, 0.29) is 12.6 Å². The highest BCUT2D eigenvalue weighted by Crippen LogP contribution is 2.28. The molecule has 13 heavy (non-hydrogen) atoms. The number of para-hydroxylation sites is 2. The Morgan fingerprint density at radius 3 is 3.15 bits per heavy atom. The van der Waals surface area contributed by atoms with Gasteiger partial charge in [0.15, 0.2) is 0 Å². The SMILES string of the molecule is OCCC1COc2ccccc2N1. The Kier molecular flexibility index (Phi) is 2.36. The van der Waals surface area contributed by atoms with Crippen molar-refractivity contribution < 1.29 is 9.84 Å². The Labute approximate surface area is 77.3 Å². The fourth-order valence-electron chi connectivity index (χ4n) is 1.48. The molecule has 1 aromatic carbocycles. The van der Waals surface area contributed by atoms with E-state index in [1.54, 1.807) is 0 Å². The Bertz CT molecular complexity index is 288. The van der Waals surface area contributed by atoms with E-state index in [0.717, 1.165) is 17.9 Å². The molecule has 70 valence electrons. The third kappa shape index (κ3) is 1.75. The van der Waals surface area contributed by atoms with Gasteiger partial charge in [-0.05, 0) is 18.6 Å². The monoisotopic (exact) mass is 179 g/mol. The van der Waals surface area contributed by atoms with E-state index in [9.17, 15) is 0 Å². The molecule has 2 rings (SSSR count). The van der Waals surface area contributed by atoms with Gasteiger partial charge in [0.2, 0.25) is 0 Å². The first-order valence-electron chi connectivity index (χ1n) is 4.49. The molecule has 1 aliphatic heterocycles. The molecule has 1 unspecified atom stereocenters. The normalized spacial score (nSPS) is 19.9. The number of hydrogen-bond acceptors (Lipinski definition) is 3. The molecule has 0 radical (unpaired) electrons. The Morgan fingerprint density at radius 1 is 1.46 bits per heavy atom. The van der Waals surface area contributed by atoms with Crippen molar-refractivity contribution >= 4 is 5.69 Å². The summed E-state index contributed by atoms with van der Waals surface area (Å²) in [5.74, 6) is 0.900. The Morgan fingerprint density at radius 2 is 2.31 bits per heavy atom. The zero-order valence-corrected chi connectivity index (χ0v) is 7.36. The second kappa shape index (κ2) is 3.66. The van der Waals surface area contributed by atoms with Gasteiger partial charge in [0, 0.05) is 6.61 Å². The van der Waals surface area contributed by atoms with Gasteiger partial charge >= 0.3 is 0 Å². The highest BCUT2D eigenvalue weighted by atomic mass is 16.5. The number of aliphatic hydroxyl groups is 1. The van der Waals surface area contributed by atoms with Crippen LogP contribution in [0.5, 0.6) is 5.75 Å². The van der Waals surface area contributed by atoms with Crippen LogP contribution in [0.3, 0.4) is 0 Å². The first-order valence-corrected chi connectivity index (χ1v) is 4.49. The van der Waals surface area contributed by atoms with Crippen LogP contribution in [0, 0.1) is 0 Å². The third-order valence-corrected chi connectivity index (χ3v) is 2.16. The number of anilines is 1. The molecule has 0 aliphatic carbocycles. The minimum absolute atomic E-state index is 0.198. The van der Waals surface area contributed by atoms with E-state index in [0.29, 0.717) is 6.61 Å². The number of benzene rings is 1. The van der Waals surface area contributed by atoms with Crippen LogP contribution in [-0.4, -0.2) is 24.4 Å². The topological polar surface area (TPSA) is 41.5 Å². The van der Waals surface area contributed by atoms with Crippen molar-refractivity contribution in [3.05, 3.63) is 24.3 Å².